The third-order valence-corrected chi connectivity index (χ3v) is 5.37. The van der Waals surface area contributed by atoms with Gasteiger partial charge in [0, 0.05) is 16.8 Å². The SMILES string of the molecule is CC(C)Cc1cn(-c2cccc(Cl)c2)nc1NS(=O)(=O)c1ccccc1. The van der Waals surface area contributed by atoms with Gasteiger partial charge in [0.1, 0.15) is 0 Å². The molecule has 0 aliphatic rings. The first-order valence-electron chi connectivity index (χ1n) is 8.27. The minimum atomic E-state index is -3.70. The van der Waals surface area contributed by atoms with Gasteiger partial charge < -0.3 is 0 Å². The van der Waals surface area contributed by atoms with Crippen molar-refractivity contribution < 1.29 is 8.42 Å². The first-order valence-corrected chi connectivity index (χ1v) is 10.1. The maximum Gasteiger partial charge on any atom is 0.263 e. The quantitative estimate of drug-likeness (QED) is 0.673. The second-order valence-corrected chi connectivity index (χ2v) is 8.56. The van der Waals surface area contributed by atoms with Gasteiger partial charge in [-0.2, -0.15) is 0 Å². The van der Waals surface area contributed by atoms with Gasteiger partial charge in [-0.1, -0.05) is 49.7 Å². The summed E-state index contributed by atoms with van der Waals surface area (Å²) in [6, 6.07) is 15.5. The summed E-state index contributed by atoms with van der Waals surface area (Å²) in [6.45, 7) is 4.15. The summed E-state index contributed by atoms with van der Waals surface area (Å²) < 4.78 is 29.6. The van der Waals surface area contributed by atoms with Crippen molar-refractivity contribution in [2.75, 3.05) is 4.72 Å². The van der Waals surface area contributed by atoms with Crippen molar-refractivity contribution in [3.8, 4) is 5.69 Å². The number of sulfonamides is 1. The van der Waals surface area contributed by atoms with Gasteiger partial charge in [-0.3, -0.25) is 4.72 Å². The van der Waals surface area contributed by atoms with E-state index in [1.165, 1.54) is 0 Å². The molecule has 0 saturated heterocycles. The van der Waals surface area contributed by atoms with Gasteiger partial charge in [-0.15, -0.1) is 5.10 Å². The molecule has 136 valence electrons. The van der Waals surface area contributed by atoms with Crippen LogP contribution >= 0.6 is 11.6 Å². The monoisotopic (exact) mass is 389 g/mol. The number of anilines is 1. The van der Waals surface area contributed by atoms with Gasteiger partial charge in [0.25, 0.3) is 10.0 Å². The minimum Gasteiger partial charge on any atom is -0.262 e. The molecule has 0 bridgehead atoms. The van der Waals surface area contributed by atoms with Crippen molar-refractivity contribution in [1.82, 2.24) is 9.78 Å². The molecule has 0 aliphatic carbocycles. The van der Waals surface area contributed by atoms with Crippen LogP contribution in [0.4, 0.5) is 5.82 Å². The normalized spacial score (nSPS) is 11.7. The Hall–Kier alpha value is -2.31. The van der Waals surface area contributed by atoms with Crippen LogP contribution in [0.3, 0.4) is 0 Å². The molecule has 0 saturated carbocycles. The number of hydrogen-bond acceptors (Lipinski definition) is 3. The van der Waals surface area contributed by atoms with E-state index in [0.29, 0.717) is 23.2 Å². The maximum absolute atomic E-state index is 12.7. The molecule has 3 aromatic rings. The number of nitrogens with one attached hydrogen (secondary N) is 1. The maximum atomic E-state index is 12.7. The van der Waals surface area contributed by atoms with Gasteiger partial charge in [0.2, 0.25) is 0 Å². The average Bonchev–Trinajstić information content (AvgIpc) is 2.97. The van der Waals surface area contributed by atoms with Crippen molar-refractivity contribution >= 4 is 27.4 Å². The van der Waals surface area contributed by atoms with Crippen molar-refractivity contribution in [2.24, 2.45) is 5.92 Å². The van der Waals surface area contributed by atoms with Crippen LogP contribution in [0, 0.1) is 5.92 Å². The number of rotatable bonds is 6. The molecular formula is C19H20ClN3O2S. The Bertz CT molecular complexity index is 999. The average molecular weight is 390 g/mol. The highest BCUT2D eigenvalue weighted by Crippen LogP contribution is 2.24. The molecule has 1 aromatic heterocycles. The van der Waals surface area contributed by atoms with E-state index in [0.717, 1.165) is 11.3 Å². The lowest BCUT2D eigenvalue weighted by atomic mass is 10.1. The van der Waals surface area contributed by atoms with Crippen molar-refractivity contribution in [3.05, 3.63) is 71.4 Å². The molecule has 7 heteroatoms. The summed E-state index contributed by atoms with van der Waals surface area (Å²) in [5, 5.41) is 5.05. The predicted octanol–water partition coefficient (Wildman–Crippen LogP) is 4.53. The molecular weight excluding hydrogens is 370 g/mol. The summed E-state index contributed by atoms with van der Waals surface area (Å²) in [6.07, 6.45) is 2.54. The molecule has 0 fully saturated rings. The molecule has 1 N–H and O–H groups in total. The van der Waals surface area contributed by atoms with E-state index in [4.69, 9.17) is 11.6 Å². The Labute approximate surface area is 158 Å². The fourth-order valence-electron chi connectivity index (χ4n) is 2.62. The fourth-order valence-corrected chi connectivity index (χ4v) is 3.87. The van der Waals surface area contributed by atoms with Crippen LogP contribution in [0.1, 0.15) is 19.4 Å². The molecule has 26 heavy (non-hydrogen) atoms. The number of aromatic nitrogens is 2. The number of nitrogens with zero attached hydrogens (tertiary/aromatic N) is 2. The largest absolute Gasteiger partial charge is 0.263 e. The van der Waals surface area contributed by atoms with E-state index >= 15 is 0 Å². The van der Waals surface area contributed by atoms with Crippen LogP contribution in [0.2, 0.25) is 5.02 Å². The van der Waals surface area contributed by atoms with E-state index in [1.54, 1.807) is 47.1 Å². The van der Waals surface area contributed by atoms with Crippen LogP contribution in [0.25, 0.3) is 5.69 Å². The summed E-state index contributed by atoms with van der Waals surface area (Å²) in [5.74, 6) is 0.689. The van der Waals surface area contributed by atoms with Crippen LogP contribution in [0.15, 0.2) is 65.7 Å². The van der Waals surface area contributed by atoms with Crippen LogP contribution in [-0.4, -0.2) is 18.2 Å². The van der Waals surface area contributed by atoms with Gasteiger partial charge in [0.15, 0.2) is 5.82 Å². The zero-order valence-electron chi connectivity index (χ0n) is 14.6. The zero-order valence-corrected chi connectivity index (χ0v) is 16.1. The summed E-state index contributed by atoms with van der Waals surface area (Å²) >= 11 is 6.06. The summed E-state index contributed by atoms with van der Waals surface area (Å²) in [7, 11) is -3.70. The van der Waals surface area contributed by atoms with Gasteiger partial charge in [-0.25, -0.2) is 13.1 Å². The first kappa shape index (κ1) is 18.5. The molecule has 3 rings (SSSR count). The lowest BCUT2D eigenvalue weighted by molar-refractivity contribution is 0.600. The molecule has 2 aromatic carbocycles. The number of benzene rings is 2. The van der Waals surface area contributed by atoms with E-state index in [2.05, 4.69) is 23.7 Å². The minimum absolute atomic E-state index is 0.202. The van der Waals surface area contributed by atoms with Crippen molar-refractivity contribution in [3.63, 3.8) is 0 Å². The molecule has 0 unspecified atom stereocenters. The molecule has 5 nitrogen and oxygen atoms in total. The van der Waals surface area contributed by atoms with E-state index in [9.17, 15) is 8.42 Å². The van der Waals surface area contributed by atoms with E-state index in [1.807, 2.05) is 18.3 Å². The Balaban J connectivity index is 2.00. The first-order chi connectivity index (χ1) is 12.3. The Kier molecular flexibility index (Phi) is 5.34. The Morgan fingerprint density at radius 2 is 1.85 bits per heavy atom. The van der Waals surface area contributed by atoms with E-state index < -0.39 is 10.0 Å². The third-order valence-electron chi connectivity index (χ3n) is 3.78. The van der Waals surface area contributed by atoms with Crippen molar-refractivity contribution in [2.45, 2.75) is 25.2 Å². The van der Waals surface area contributed by atoms with Gasteiger partial charge in [-0.05, 0) is 42.7 Å². The predicted molar refractivity (Wildman–Crippen MR) is 104 cm³/mol. The van der Waals surface area contributed by atoms with Gasteiger partial charge >= 0.3 is 0 Å². The second-order valence-electron chi connectivity index (χ2n) is 6.44. The summed E-state index contributed by atoms with van der Waals surface area (Å²) in [4.78, 5) is 0.202. The molecule has 0 spiro atoms. The lowest BCUT2D eigenvalue weighted by Gasteiger charge is -2.08. The van der Waals surface area contributed by atoms with Crippen molar-refractivity contribution in [1.29, 1.82) is 0 Å². The zero-order chi connectivity index (χ0) is 18.7. The standard InChI is InChI=1S/C19H20ClN3O2S/c1-14(2)11-15-13-23(17-8-6-7-16(20)12-17)21-19(15)22-26(24,25)18-9-4-3-5-10-18/h3-10,12-14H,11H2,1-2H3,(H,21,22). The van der Waals surface area contributed by atoms with Crippen LogP contribution in [-0.2, 0) is 16.4 Å². The lowest BCUT2D eigenvalue weighted by Crippen LogP contribution is -2.14. The Morgan fingerprint density at radius 1 is 1.12 bits per heavy atom. The molecule has 0 radical (unpaired) electrons. The van der Waals surface area contributed by atoms with Crippen LogP contribution < -0.4 is 4.72 Å². The number of hydrogen-bond donors (Lipinski definition) is 1. The third kappa shape index (κ3) is 4.26. The number of halogens is 1. The molecule has 0 amide bonds. The topological polar surface area (TPSA) is 64.0 Å². The van der Waals surface area contributed by atoms with E-state index in [-0.39, 0.29) is 4.90 Å². The highest BCUT2D eigenvalue weighted by Gasteiger charge is 2.19. The molecule has 1 heterocycles. The smallest absolute Gasteiger partial charge is 0.262 e. The highest BCUT2D eigenvalue weighted by atomic mass is 35.5. The van der Waals surface area contributed by atoms with Gasteiger partial charge in [0.05, 0.1) is 10.6 Å². The molecule has 0 atom stereocenters. The van der Waals surface area contributed by atoms with Crippen LogP contribution in [0.5, 0.6) is 0 Å². The second kappa shape index (κ2) is 7.51. The highest BCUT2D eigenvalue weighted by molar-refractivity contribution is 7.92. The fraction of sp³-hybridized carbons (Fsp3) is 0.211. The molecule has 0 aliphatic heterocycles. The Morgan fingerprint density at radius 3 is 2.50 bits per heavy atom. The summed E-state index contributed by atoms with van der Waals surface area (Å²) in [5.41, 5.74) is 1.60.